The molecule has 1 fully saturated rings. The number of hydrogen-bond acceptors (Lipinski definition) is 4. The fourth-order valence-electron chi connectivity index (χ4n) is 2.40. The molecule has 0 N–H and O–H groups in total. The molecule has 1 aliphatic heterocycles. The summed E-state index contributed by atoms with van der Waals surface area (Å²) in [5, 5.41) is 0.594. The molecular weight excluding hydrogens is 270 g/mol. The summed E-state index contributed by atoms with van der Waals surface area (Å²) in [6, 6.07) is 7.92. The molecule has 20 heavy (non-hydrogen) atoms. The van der Waals surface area contributed by atoms with E-state index in [2.05, 4.69) is 18.7 Å². The quantitative estimate of drug-likeness (QED) is 0.780. The van der Waals surface area contributed by atoms with Crippen molar-refractivity contribution in [3.63, 3.8) is 0 Å². The maximum Gasteiger partial charge on any atom is 0.176 e. The zero-order valence-corrected chi connectivity index (χ0v) is 13.3. The van der Waals surface area contributed by atoms with Crippen LogP contribution < -0.4 is 4.74 Å². The van der Waals surface area contributed by atoms with Crippen molar-refractivity contribution < 1.29 is 9.53 Å². The lowest BCUT2D eigenvalue weighted by Crippen LogP contribution is -2.46. The number of carbonyl (C=O) groups excluding carboxylic acids is 1. The first-order valence-electron chi connectivity index (χ1n) is 7.23. The lowest BCUT2D eigenvalue weighted by atomic mass is 10.1. The second-order valence-corrected chi connectivity index (χ2v) is 6.65. The minimum absolute atomic E-state index is 0.194. The summed E-state index contributed by atoms with van der Waals surface area (Å²) < 4.78 is 5.40. The minimum Gasteiger partial charge on any atom is -0.494 e. The first-order chi connectivity index (χ1) is 9.61. The number of nitrogens with zero attached hydrogens (tertiary/aromatic N) is 1. The highest BCUT2D eigenvalue weighted by atomic mass is 32.2. The van der Waals surface area contributed by atoms with E-state index < -0.39 is 0 Å². The van der Waals surface area contributed by atoms with Crippen molar-refractivity contribution in [2.75, 3.05) is 25.4 Å². The van der Waals surface area contributed by atoms with E-state index in [-0.39, 0.29) is 5.78 Å². The van der Waals surface area contributed by atoms with Gasteiger partial charge in [0, 0.05) is 29.2 Å². The molecule has 1 heterocycles. The zero-order chi connectivity index (χ0) is 14.5. The zero-order valence-electron chi connectivity index (χ0n) is 12.5. The largest absolute Gasteiger partial charge is 0.494 e. The van der Waals surface area contributed by atoms with Crippen LogP contribution in [0.3, 0.4) is 0 Å². The second kappa shape index (κ2) is 7.14. The van der Waals surface area contributed by atoms with Crippen LogP contribution in [-0.2, 0) is 0 Å². The molecule has 1 aliphatic rings. The third kappa shape index (κ3) is 3.76. The van der Waals surface area contributed by atoms with E-state index in [1.54, 1.807) is 0 Å². The highest BCUT2D eigenvalue weighted by molar-refractivity contribution is 8.00. The Bertz CT molecular complexity index is 446. The van der Waals surface area contributed by atoms with E-state index in [0.717, 1.165) is 23.6 Å². The van der Waals surface area contributed by atoms with Crippen molar-refractivity contribution >= 4 is 17.5 Å². The molecule has 0 aromatic heterocycles. The topological polar surface area (TPSA) is 29.5 Å². The summed E-state index contributed by atoms with van der Waals surface area (Å²) in [6.07, 6.45) is 0. The smallest absolute Gasteiger partial charge is 0.176 e. The minimum atomic E-state index is 0.194. The number of carbonyl (C=O) groups is 1. The van der Waals surface area contributed by atoms with Crippen LogP contribution in [0.1, 0.15) is 31.1 Å². The van der Waals surface area contributed by atoms with Crippen LogP contribution in [0, 0.1) is 0 Å². The van der Waals surface area contributed by atoms with Gasteiger partial charge in [-0.2, -0.15) is 11.8 Å². The number of rotatable bonds is 5. The van der Waals surface area contributed by atoms with Gasteiger partial charge in [-0.15, -0.1) is 0 Å². The van der Waals surface area contributed by atoms with Gasteiger partial charge in [0.05, 0.1) is 13.2 Å². The lowest BCUT2D eigenvalue weighted by Gasteiger charge is -2.36. The van der Waals surface area contributed by atoms with Crippen molar-refractivity contribution in [1.82, 2.24) is 4.90 Å². The molecule has 2 unspecified atom stereocenters. The molecule has 1 aromatic carbocycles. The normalized spacial score (nSPS) is 23.6. The summed E-state index contributed by atoms with van der Waals surface area (Å²) in [5.41, 5.74) is 0.770. The second-order valence-electron chi connectivity index (χ2n) is 5.17. The fraction of sp³-hybridized carbons (Fsp3) is 0.562. The number of ketones is 1. The summed E-state index contributed by atoms with van der Waals surface area (Å²) >= 11 is 1.99. The Kier molecular flexibility index (Phi) is 5.49. The monoisotopic (exact) mass is 293 g/mol. The standard InChI is InChI=1S/C16H23NO2S/c1-4-19-15-7-5-14(6-8-15)16(18)11-17-9-10-20-13(3)12(17)2/h5-8,12-13H,4,9-11H2,1-3H3. The Morgan fingerprint density at radius 3 is 2.70 bits per heavy atom. The Balaban J connectivity index is 1.97. The van der Waals surface area contributed by atoms with Crippen molar-refractivity contribution in [3.8, 4) is 5.75 Å². The van der Waals surface area contributed by atoms with Gasteiger partial charge in [-0.25, -0.2) is 0 Å². The van der Waals surface area contributed by atoms with Gasteiger partial charge in [0.25, 0.3) is 0 Å². The first-order valence-corrected chi connectivity index (χ1v) is 8.28. The Morgan fingerprint density at radius 2 is 2.05 bits per heavy atom. The van der Waals surface area contributed by atoms with Crippen molar-refractivity contribution in [2.24, 2.45) is 0 Å². The average molecular weight is 293 g/mol. The molecular formula is C16H23NO2S. The molecule has 1 saturated heterocycles. The van der Waals surface area contributed by atoms with E-state index in [9.17, 15) is 4.79 Å². The highest BCUT2D eigenvalue weighted by Crippen LogP contribution is 2.24. The Morgan fingerprint density at radius 1 is 1.35 bits per heavy atom. The van der Waals surface area contributed by atoms with Crippen molar-refractivity contribution in [3.05, 3.63) is 29.8 Å². The molecule has 110 valence electrons. The van der Waals surface area contributed by atoms with Gasteiger partial charge >= 0.3 is 0 Å². The predicted molar refractivity (Wildman–Crippen MR) is 84.9 cm³/mol. The summed E-state index contributed by atoms with van der Waals surface area (Å²) in [5.74, 6) is 2.13. The molecule has 3 nitrogen and oxygen atoms in total. The Labute approximate surface area is 125 Å². The van der Waals surface area contributed by atoms with E-state index in [0.29, 0.717) is 24.4 Å². The van der Waals surface area contributed by atoms with Crippen LogP contribution in [-0.4, -0.2) is 47.4 Å². The fourth-order valence-corrected chi connectivity index (χ4v) is 3.56. The third-order valence-corrected chi connectivity index (χ3v) is 5.19. The van der Waals surface area contributed by atoms with Gasteiger partial charge < -0.3 is 4.74 Å². The van der Waals surface area contributed by atoms with Gasteiger partial charge in [0.15, 0.2) is 5.78 Å². The highest BCUT2D eigenvalue weighted by Gasteiger charge is 2.26. The maximum atomic E-state index is 12.3. The summed E-state index contributed by atoms with van der Waals surface area (Å²) in [4.78, 5) is 14.6. The molecule has 0 bridgehead atoms. The number of benzene rings is 1. The van der Waals surface area contributed by atoms with Gasteiger partial charge in [0.1, 0.15) is 5.75 Å². The lowest BCUT2D eigenvalue weighted by molar-refractivity contribution is 0.0902. The molecule has 0 spiro atoms. The summed E-state index contributed by atoms with van der Waals surface area (Å²) in [7, 11) is 0. The molecule has 0 radical (unpaired) electrons. The van der Waals surface area contributed by atoms with Crippen molar-refractivity contribution in [2.45, 2.75) is 32.1 Å². The predicted octanol–water partition coefficient (Wildman–Crippen LogP) is 3.09. The van der Waals surface area contributed by atoms with Crippen molar-refractivity contribution in [1.29, 1.82) is 0 Å². The SMILES string of the molecule is CCOc1ccc(C(=O)CN2CCSC(C)C2C)cc1. The van der Waals surface area contributed by atoms with Gasteiger partial charge in [-0.1, -0.05) is 6.92 Å². The Hall–Kier alpha value is -1.00. The molecule has 1 aromatic rings. The number of hydrogen-bond donors (Lipinski definition) is 0. The van der Waals surface area contributed by atoms with E-state index >= 15 is 0 Å². The average Bonchev–Trinajstić information content (AvgIpc) is 2.45. The van der Waals surface area contributed by atoms with Gasteiger partial charge in [-0.05, 0) is 38.1 Å². The van der Waals surface area contributed by atoms with Gasteiger partial charge in [0.2, 0.25) is 0 Å². The van der Waals surface area contributed by atoms with E-state index in [1.807, 2.05) is 43.0 Å². The molecule has 0 aliphatic carbocycles. The van der Waals surface area contributed by atoms with Crippen LogP contribution in [0.15, 0.2) is 24.3 Å². The molecule has 2 rings (SSSR count). The van der Waals surface area contributed by atoms with Crippen LogP contribution in [0.4, 0.5) is 0 Å². The number of ether oxygens (including phenoxy) is 1. The maximum absolute atomic E-state index is 12.3. The number of thioether (sulfide) groups is 1. The van der Waals surface area contributed by atoms with E-state index in [4.69, 9.17) is 4.74 Å². The third-order valence-electron chi connectivity index (χ3n) is 3.85. The molecule has 4 heteroatoms. The summed E-state index contributed by atoms with van der Waals surface area (Å²) in [6.45, 7) is 8.56. The molecule has 0 amide bonds. The molecule has 2 atom stereocenters. The number of Topliss-reactive ketones (excluding diaryl/α,β-unsaturated/α-hetero) is 1. The van der Waals surface area contributed by atoms with Crippen LogP contribution >= 0.6 is 11.8 Å². The van der Waals surface area contributed by atoms with E-state index in [1.165, 1.54) is 0 Å². The van der Waals surface area contributed by atoms with Crippen LogP contribution in [0.2, 0.25) is 0 Å². The van der Waals surface area contributed by atoms with Gasteiger partial charge in [-0.3, -0.25) is 9.69 Å². The first kappa shape index (κ1) is 15.4. The van der Waals surface area contributed by atoms with Crippen LogP contribution in [0.25, 0.3) is 0 Å². The molecule has 0 saturated carbocycles. The van der Waals surface area contributed by atoms with Crippen LogP contribution in [0.5, 0.6) is 5.75 Å².